The Bertz CT molecular complexity index is 317. The standard InChI is InChI=1S/C8H9NO2S.HI/c1-9-5-6(12-2)3-4-7(9)8(10)11;/h3-5H,1-2H3;1H. The van der Waals surface area contributed by atoms with Crippen LogP contribution in [-0.2, 0) is 7.05 Å². The van der Waals surface area contributed by atoms with E-state index in [4.69, 9.17) is 5.11 Å². The third-order valence-corrected chi connectivity index (χ3v) is 2.27. The van der Waals surface area contributed by atoms with E-state index >= 15 is 0 Å². The van der Waals surface area contributed by atoms with Gasteiger partial charge in [-0.15, -0.1) is 11.8 Å². The number of thioether (sulfide) groups is 1. The number of aryl methyl sites for hydroxylation is 1. The molecule has 0 aromatic carbocycles. The van der Waals surface area contributed by atoms with E-state index in [2.05, 4.69) is 0 Å². The number of carbonyl (C=O) groups is 1. The number of halogens is 1. The van der Waals surface area contributed by atoms with Crippen molar-refractivity contribution in [3.63, 3.8) is 0 Å². The third-order valence-electron chi connectivity index (χ3n) is 1.56. The van der Waals surface area contributed by atoms with Crippen LogP contribution in [0.3, 0.4) is 0 Å². The highest BCUT2D eigenvalue weighted by molar-refractivity contribution is 7.98. The Hall–Kier alpha value is -0.300. The van der Waals surface area contributed by atoms with Crippen LogP contribution in [0.15, 0.2) is 23.2 Å². The SMILES string of the molecule is CSc1ccc(C(=O)O)[n+](C)c1.[I-]. The van der Waals surface area contributed by atoms with Crippen molar-refractivity contribution in [3.8, 4) is 0 Å². The van der Waals surface area contributed by atoms with Crippen LogP contribution in [0.5, 0.6) is 0 Å². The monoisotopic (exact) mass is 311 g/mol. The summed E-state index contributed by atoms with van der Waals surface area (Å²) in [5.74, 6) is -0.898. The number of carboxylic acids is 1. The molecule has 13 heavy (non-hydrogen) atoms. The summed E-state index contributed by atoms with van der Waals surface area (Å²) in [5.41, 5.74) is 0.299. The maximum Gasteiger partial charge on any atom is 0.401 e. The molecule has 0 radical (unpaired) electrons. The third kappa shape index (κ3) is 3.15. The molecular formula is C8H10INO2S. The highest BCUT2D eigenvalue weighted by Gasteiger charge is 2.14. The van der Waals surface area contributed by atoms with Gasteiger partial charge in [0.05, 0.1) is 4.90 Å². The maximum atomic E-state index is 10.6. The molecule has 1 aromatic rings. The molecule has 0 spiro atoms. The summed E-state index contributed by atoms with van der Waals surface area (Å²) in [6, 6.07) is 3.41. The van der Waals surface area contributed by atoms with Gasteiger partial charge in [-0.05, 0) is 12.3 Å². The van der Waals surface area contributed by atoms with Crippen molar-refractivity contribution in [2.45, 2.75) is 4.90 Å². The predicted molar refractivity (Wildman–Crippen MR) is 46.4 cm³/mol. The maximum absolute atomic E-state index is 10.6. The normalized spacial score (nSPS) is 9.08. The lowest BCUT2D eigenvalue weighted by Crippen LogP contribution is -3.00. The first-order valence-corrected chi connectivity index (χ1v) is 4.64. The number of hydrogen-bond acceptors (Lipinski definition) is 2. The van der Waals surface area contributed by atoms with Crippen molar-refractivity contribution in [1.82, 2.24) is 0 Å². The molecule has 0 aliphatic rings. The summed E-state index contributed by atoms with van der Waals surface area (Å²) in [4.78, 5) is 11.7. The Kier molecular flexibility index (Phi) is 5.31. The minimum absolute atomic E-state index is 0. The van der Waals surface area contributed by atoms with Crippen LogP contribution in [0.2, 0.25) is 0 Å². The molecule has 72 valence electrons. The van der Waals surface area contributed by atoms with Crippen LogP contribution < -0.4 is 28.5 Å². The Morgan fingerprint density at radius 1 is 1.54 bits per heavy atom. The van der Waals surface area contributed by atoms with Gasteiger partial charge in [0, 0.05) is 6.07 Å². The number of aromatic carboxylic acids is 1. The van der Waals surface area contributed by atoms with Gasteiger partial charge in [-0.2, -0.15) is 4.57 Å². The van der Waals surface area contributed by atoms with E-state index in [1.165, 1.54) is 0 Å². The van der Waals surface area contributed by atoms with Gasteiger partial charge in [-0.3, -0.25) is 0 Å². The largest absolute Gasteiger partial charge is 1.00 e. The van der Waals surface area contributed by atoms with Crippen LogP contribution in [-0.4, -0.2) is 17.3 Å². The number of nitrogens with zero attached hydrogens (tertiary/aromatic N) is 1. The Balaban J connectivity index is 0.00000144. The van der Waals surface area contributed by atoms with Crippen LogP contribution in [0, 0.1) is 0 Å². The van der Waals surface area contributed by atoms with Crippen molar-refractivity contribution in [2.75, 3.05) is 6.26 Å². The Labute approximate surface area is 98.2 Å². The van der Waals surface area contributed by atoms with Crippen molar-refractivity contribution < 1.29 is 38.4 Å². The molecule has 0 saturated carbocycles. The Morgan fingerprint density at radius 2 is 2.15 bits per heavy atom. The Morgan fingerprint density at radius 3 is 2.54 bits per heavy atom. The molecule has 1 rings (SSSR count). The van der Waals surface area contributed by atoms with E-state index in [9.17, 15) is 4.79 Å². The lowest BCUT2D eigenvalue weighted by Gasteiger charge is -1.96. The highest BCUT2D eigenvalue weighted by atomic mass is 127. The van der Waals surface area contributed by atoms with Crippen LogP contribution in [0.4, 0.5) is 0 Å². The first kappa shape index (κ1) is 12.7. The van der Waals surface area contributed by atoms with Crippen LogP contribution >= 0.6 is 11.8 Å². The fourth-order valence-corrected chi connectivity index (χ4v) is 1.39. The summed E-state index contributed by atoms with van der Waals surface area (Å²) in [7, 11) is 1.73. The van der Waals surface area contributed by atoms with Crippen LogP contribution in [0.1, 0.15) is 10.5 Å². The number of hydrogen-bond donors (Lipinski definition) is 1. The number of carboxylic acid groups (broad SMARTS) is 1. The summed E-state index contributed by atoms with van der Waals surface area (Å²) < 4.78 is 1.61. The minimum atomic E-state index is -0.898. The van der Waals surface area contributed by atoms with Gasteiger partial charge in [0.15, 0.2) is 6.20 Å². The summed E-state index contributed by atoms with van der Waals surface area (Å²) in [6.45, 7) is 0. The molecular weight excluding hydrogens is 301 g/mol. The molecule has 3 nitrogen and oxygen atoms in total. The molecule has 0 aliphatic carbocycles. The predicted octanol–water partition coefficient (Wildman–Crippen LogP) is -2.06. The molecule has 1 heterocycles. The number of rotatable bonds is 2. The highest BCUT2D eigenvalue weighted by Crippen LogP contribution is 2.11. The first-order valence-electron chi connectivity index (χ1n) is 3.42. The van der Waals surface area contributed by atoms with Gasteiger partial charge in [0.25, 0.3) is 5.69 Å². The van der Waals surface area contributed by atoms with Gasteiger partial charge in [-0.25, -0.2) is 4.79 Å². The zero-order valence-corrected chi connectivity index (χ0v) is 10.3. The lowest BCUT2D eigenvalue weighted by atomic mass is 10.3. The van der Waals surface area contributed by atoms with Gasteiger partial charge >= 0.3 is 5.97 Å². The molecule has 0 amide bonds. The quantitative estimate of drug-likeness (QED) is 0.388. The molecule has 1 N–H and O–H groups in total. The van der Waals surface area contributed by atoms with Crippen molar-refractivity contribution in [3.05, 3.63) is 24.0 Å². The average Bonchev–Trinajstić information content (AvgIpc) is 2.03. The first-order chi connectivity index (χ1) is 5.65. The summed E-state index contributed by atoms with van der Waals surface area (Å²) in [6.07, 6.45) is 3.75. The van der Waals surface area contributed by atoms with E-state index < -0.39 is 5.97 Å². The number of aromatic nitrogens is 1. The molecule has 0 fully saturated rings. The van der Waals surface area contributed by atoms with E-state index in [0.29, 0.717) is 5.69 Å². The van der Waals surface area contributed by atoms with E-state index in [-0.39, 0.29) is 24.0 Å². The van der Waals surface area contributed by atoms with E-state index in [1.807, 2.05) is 6.26 Å². The van der Waals surface area contributed by atoms with E-state index in [1.54, 1.807) is 41.7 Å². The second-order valence-electron chi connectivity index (χ2n) is 2.37. The zero-order valence-electron chi connectivity index (χ0n) is 7.32. The minimum Gasteiger partial charge on any atom is -1.00 e. The molecule has 0 saturated heterocycles. The summed E-state index contributed by atoms with van der Waals surface area (Å²) >= 11 is 1.59. The van der Waals surface area contributed by atoms with E-state index in [0.717, 1.165) is 4.90 Å². The van der Waals surface area contributed by atoms with Gasteiger partial charge in [0.2, 0.25) is 0 Å². The molecule has 0 unspecified atom stereocenters. The van der Waals surface area contributed by atoms with Crippen molar-refractivity contribution in [2.24, 2.45) is 7.05 Å². The molecule has 5 heteroatoms. The van der Waals surface area contributed by atoms with Crippen molar-refractivity contribution in [1.29, 1.82) is 0 Å². The second-order valence-corrected chi connectivity index (χ2v) is 3.25. The number of pyridine rings is 1. The fraction of sp³-hybridized carbons (Fsp3) is 0.250. The zero-order chi connectivity index (χ0) is 9.14. The average molecular weight is 311 g/mol. The smallest absolute Gasteiger partial charge is 0.401 e. The molecule has 0 bridgehead atoms. The van der Waals surface area contributed by atoms with Crippen molar-refractivity contribution >= 4 is 17.7 Å². The molecule has 1 aromatic heterocycles. The van der Waals surface area contributed by atoms with Crippen LogP contribution in [0.25, 0.3) is 0 Å². The second kappa shape index (κ2) is 5.43. The molecule has 0 aliphatic heterocycles. The topological polar surface area (TPSA) is 41.2 Å². The van der Waals surface area contributed by atoms with Gasteiger partial charge < -0.3 is 29.1 Å². The summed E-state index contributed by atoms with van der Waals surface area (Å²) in [5, 5.41) is 8.70. The van der Waals surface area contributed by atoms with Gasteiger partial charge in [0.1, 0.15) is 7.05 Å². The fourth-order valence-electron chi connectivity index (χ4n) is 0.925. The van der Waals surface area contributed by atoms with Gasteiger partial charge in [-0.1, -0.05) is 0 Å². The lowest BCUT2D eigenvalue weighted by molar-refractivity contribution is -0.675. The molecule has 0 atom stereocenters.